The molecule has 0 aliphatic carbocycles. The number of furan rings is 1. The van der Waals surface area contributed by atoms with Gasteiger partial charge in [-0.3, -0.25) is 9.69 Å². The summed E-state index contributed by atoms with van der Waals surface area (Å²) in [6, 6.07) is 5.63. The number of esters is 2. The Labute approximate surface area is 213 Å². The quantitative estimate of drug-likeness (QED) is 0.197. The molecule has 1 saturated heterocycles. The molecule has 0 spiro atoms. The van der Waals surface area contributed by atoms with E-state index in [1.807, 2.05) is 0 Å². The molecule has 37 heavy (non-hydrogen) atoms. The molecule has 1 aromatic carbocycles. The molecule has 2 aromatic rings. The molecule has 1 aliphatic heterocycles. The van der Waals surface area contributed by atoms with Gasteiger partial charge in [-0.2, -0.15) is 0 Å². The van der Waals surface area contributed by atoms with Gasteiger partial charge in [0.15, 0.2) is 18.1 Å². The Hall–Kier alpha value is -4.54. The molecule has 1 N–H and O–H groups in total. The molecular weight excluding hydrogens is 484 g/mol. The molecule has 11 nitrogen and oxygen atoms in total. The summed E-state index contributed by atoms with van der Waals surface area (Å²) in [4.78, 5) is 49.8. The van der Waals surface area contributed by atoms with Crippen LogP contribution in [0.3, 0.4) is 0 Å². The second kappa shape index (κ2) is 12.4. The van der Waals surface area contributed by atoms with E-state index in [1.54, 1.807) is 32.1 Å². The van der Waals surface area contributed by atoms with Crippen LogP contribution in [0.5, 0.6) is 11.5 Å². The second-order valence-electron chi connectivity index (χ2n) is 7.66. The number of carbonyl (C=O) groups excluding carboxylic acids is 4. The lowest BCUT2D eigenvalue weighted by molar-refractivity contribution is -0.145. The molecule has 3 rings (SSSR count). The zero-order valence-electron chi connectivity index (χ0n) is 20.8. The van der Waals surface area contributed by atoms with Crippen LogP contribution >= 0.6 is 0 Å². The maximum absolute atomic E-state index is 13.0. The predicted octanol–water partition coefficient (Wildman–Crippen LogP) is 3.23. The topological polar surface area (TPSA) is 134 Å². The van der Waals surface area contributed by atoms with Crippen LogP contribution in [0.25, 0.3) is 6.08 Å². The third-order valence-electron chi connectivity index (χ3n) is 5.09. The number of imide groups is 1. The van der Waals surface area contributed by atoms with Crippen molar-refractivity contribution in [3.8, 4) is 11.5 Å². The Morgan fingerprint density at radius 2 is 1.92 bits per heavy atom. The van der Waals surface area contributed by atoms with Crippen molar-refractivity contribution in [2.45, 2.75) is 26.8 Å². The SMILES string of the molecule is C=CCc1cc(/C=C2\NC(=O)N(Cc3ccc(C(=O)OC)o3)C2=O)cc(OCC)c1OCC(=O)OCC. The lowest BCUT2D eigenvalue weighted by Crippen LogP contribution is -2.30. The average Bonchev–Trinajstić information content (AvgIpc) is 3.44. The third kappa shape index (κ3) is 6.57. The predicted molar refractivity (Wildman–Crippen MR) is 131 cm³/mol. The van der Waals surface area contributed by atoms with Crippen molar-refractivity contribution < 1.29 is 42.5 Å². The van der Waals surface area contributed by atoms with E-state index < -0.39 is 23.9 Å². The number of benzene rings is 1. The third-order valence-corrected chi connectivity index (χ3v) is 5.09. The molecule has 11 heteroatoms. The fraction of sp³-hybridized carbons (Fsp3) is 0.308. The van der Waals surface area contributed by atoms with Crippen LogP contribution in [0.4, 0.5) is 4.79 Å². The van der Waals surface area contributed by atoms with E-state index in [0.29, 0.717) is 35.7 Å². The normalized spacial score (nSPS) is 13.9. The maximum Gasteiger partial charge on any atom is 0.373 e. The highest BCUT2D eigenvalue weighted by molar-refractivity contribution is 6.13. The van der Waals surface area contributed by atoms with Crippen molar-refractivity contribution in [2.24, 2.45) is 0 Å². The molecule has 3 amide bonds. The number of carbonyl (C=O) groups is 4. The molecule has 1 fully saturated rings. The Morgan fingerprint density at radius 3 is 2.59 bits per heavy atom. The first kappa shape index (κ1) is 27.1. The van der Waals surface area contributed by atoms with E-state index in [4.69, 9.17) is 18.6 Å². The van der Waals surface area contributed by atoms with Crippen LogP contribution in [0, 0.1) is 0 Å². The molecule has 0 saturated carbocycles. The highest BCUT2D eigenvalue weighted by atomic mass is 16.6. The van der Waals surface area contributed by atoms with E-state index in [1.165, 1.54) is 25.3 Å². The van der Waals surface area contributed by atoms with E-state index in [-0.39, 0.29) is 37.0 Å². The number of allylic oxidation sites excluding steroid dienone is 1. The fourth-order valence-electron chi connectivity index (χ4n) is 3.55. The lowest BCUT2D eigenvalue weighted by Gasteiger charge is -2.16. The number of rotatable bonds is 12. The van der Waals surface area contributed by atoms with Crippen LogP contribution in [0.15, 0.2) is 47.0 Å². The van der Waals surface area contributed by atoms with Crippen LogP contribution in [-0.2, 0) is 32.0 Å². The summed E-state index contributed by atoms with van der Waals surface area (Å²) < 4.78 is 26.3. The van der Waals surface area contributed by atoms with Crippen LogP contribution in [0.1, 0.15) is 41.3 Å². The van der Waals surface area contributed by atoms with Gasteiger partial charge in [-0.25, -0.2) is 14.4 Å². The molecule has 0 radical (unpaired) electrons. The number of amides is 3. The molecule has 0 unspecified atom stereocenters. The van der Waals surface area contributed by atoms with Gasteiger partial charge in [0.25, 0.3) is 5.91 Å². The number of ether oxygens (including phenoxy) is 4. The summed E-state index contributed by atoms with van der Waals surface area (Å²) >= 11 is 0. The first-order chi connectivity index (χ1) is 17.8. The highest BCUT2D eigenvalue weighted by Crippen LogP contribution is 2.35. The largest absolute Gasteiger partial charge is 0.490 e. The summed E-state index contributed by atoms with van der Waals surface area (Å²) in [6.07, 6.45) is 3.56. The van der Waals surface area contributed by atoms with Gasteiger partial charge in [0.2, 0.25) is 5.76 Å². The van der Waals surface area contributed by atoms with Crippen molar-refractivity contribution in [3.63, 3.8) is 0 Å². The van der Waals surface area contributed by atoms with Gasteiger partial charge in [-0.15, -0.1) is 6.58 Å². The average molecular weight is 513 g/mol. The number of methoxy groups -OCH3 is 1. The number of hydrogen-bond donors (Lipinski definition) is 1. The van der Waals surface area contributed by atoms with Gasteiger partial charge >= 0.3 is 18.0 Å². The summed E-state index contributed by atoms with van der Waals surface area (Å²) in [5, 5.41) is 2.55. The molecule has 1 aliphatic rings. The standard InChI is InChI=1S/C26H28N2O9/c1-5-8-17-11-16(13-21(34-6-2)23(17)36-15-22(29)35-7-3)12-19-24(30)28(26(32)27-19)14-18-9-10-20(37-18)25(31)33-4/h5,9-13H,1,6-8,14-15H2,2-4H3,(H,27,32)/b19-12-. The van der Waals surface area contributed by atoms with Gasteiger partial charge in [0.05, 0.1) is 26.9 Å². The minimum Gasteiger partial charge on any atom is -0.490 e. The van der Waals surface area contributed by atoms with Gasteiger partial charge in [-0.1, -0.05) is 6.08 Å². The van der Waals surface area contributed by atoms with Crippen molar-refractivity contribution in [2.75, 3.05) is 26.9 Å². The minimum absolute atomic E-state index is 0.0382. The van der Waals surface area contributed by atoms with Crippen LogP contribution < -0.4 is 14.8 Å². The van der Waals surface area contributed by atoms with E-state index in [0.717, 1.165) is 4.90 Å². The van der Waals surface area contributed by atoms with Gasteiger partial charge < -0.3 is 28.7 Å². The smallest absolute Gasteiger partial charge is 0.373 e. The minimum atomic E-state index is -0.667. The number of nitrogens with zero attached hydrogens (tertiary/aromatic N) is 1. The van der Waals surface area contributed by atoms with Crippen molar-refractivity contribution in [1.82, 2.24) is 10.2 Å². The first-order valence-electron chi connectivity index (χ1n) is 11.5. The number of hydrogen-bond acceptors (Lipinski definition) is 9. The van der Waals surface area contributed by atoms with E-state index in [9.17, 15) is 19.2 Å². The van der Waals surface area contributed by atoms with E-state index in [2.05, 4.69) is 16.6 Å². The summed E-state index contributed by atoms with van der Waals surface area (Å²) in [6.45, 7) is 7.34. The zero-order chi connectivity index (χ0) is 26.9. The summed E-state index contributed by atoms with van der Waals surface area (Å²) in [5.74, 6) is -0.845. The molecule has 1 aromatic heterocycles. The monoisotopic (exact) mass is 512 g/mol. The van der Waals surface area contributed by atoms with E-state index >= 15 is 0 Å². The van der Waals surface area contributed by atoms with Gasteiger partial charge in [-0.05, 0) is 56.2 Å². The van der Waals surface area contributed by atoms with Crippen molar-refractivity contribution in [3.05, 3.63) is 65.3 Å². The van der Waals surface area contributed by atoms with Crippen LogP contribution in [0.2, 0.25) is 0 Å². The zero-order valence-corrected chi connectivity index (χ0v) is 20.8. The molecular formula is C26H28N2O9. The Balaban J connectivity index is 1.86. The maximum atomic E-state index is 13.0. The Morgan fingerprint density at radius 1 is 1.14 bits per heavy atom. The van der Waals surface area contributed by atoms with Crippen molar-refractivity contribution >= 4 is 30.0 Å². The Kier molecular flexibility index (Phi) is 9.09. The lowest BCUT2D eigenvalue weighted by atomic mass is 10.0. The second-order valence-corrected chi connectivity index (χ2v) is 7.66. The summed E-state index contributed by atoms with van der Waals surface area (Å²) in [5.41, 5.74) is 1.26. The molecule has 196 valence electrons. The molecule has 0 atom stereocenters. The first-order valence-corrected chi connectivity index (χ1v) is 11.5. The number of urea groups is 1. The summed E-state index contributed by atoms with van der Waals surface area (Å²) in [7, 11) is 1.22. The van der Waals surface area contributed by atoms with Crippen LogP contribution in [-0.4, -0.2) is 55.7 Å². The fourth-order valence-corrected chi connectivity index (χ4v) is 3.55. The van der Waals surface area contributed by atoms with Crippen molar-refractivity contribution in [1.29, 1.82) is 0 Å². The Bertz CT molecular complexity index is 1230. The molecule has 0 bridgehead atoms. The van der Waals surface area contributed by atoms with Gasteiger partial charge in [0, 0.05) is 5.56 Å². The number of nitrogens with one attached hydrogen (secondary N) is 1. The highest BCUT2D eigenvalue weighted by Gasteiger charge is 2.34. The molecule has 2 heterocycles. The van der Waals surface area contributed by atoms with Gasteiger partial charge in [0.1, 0.15) is 11.5 Å².